The highest BCUT2D eigenvalue weighted by atomic mass is 32.1. The van der Waals surface area contributed by atoms with E-state index in [0.717, 1.165) is 6.54 Å². The first kappa shape index (κ1) is 14.9. The summed E-state index contributed by atoms with van der Waals surface area (Å²) in [7, 11) is 4.12. The molecule has 0 aliphatic carbocycles. The number of anilines is 2. The lowest BCUT2D eigenvalue weighted by Gasteiger charge is -2.15. The van der Waals surface area contributed by atoms with E-state index in [2.05, 4.69) is 81.5 Å². The fraction of sp³-hybridized carbons (Fsp3) is 0.412. The van der Waals surface area contributed by atoms with E-state index >= 15 is 0 Å². The summed E-state index contributed by atoms with van der Waals surface area (Å²) < 4.78 is 0. The van der Waals surface area contributed by atoms with Gasteiger partial charge in [-0.2, -0.15) is 0 Å². The molecule has 0 radical (unpaired) electrons. The second-order valence-corrected chi connectivity index (χ2v) is 7.48. The Kier molecular flexibility index (Phi) is 4.39. The van der Waals surface area contributed by atoms with Crippen molar-refractivity contribution >= 4 is 22.7 Å². The van der Waals surface area contributed by atoms with Gasteiger partial charge in [-0.05, 0) is 41.8 Å². The minimum Gasteiger partial charge on any atom is -0.380 e. The highest BCUT2D eigenvalue weighted by Crippen LogP contribution is 2.29. The molecular formula is C17H24N2S. The first-order chi connectivity index (χ1) is 9.36. The minimum absolute atomic E-state index is 0.246. The number of thiophene rings is 1. The number of nitrogens with one attached hydrogen (secondary N) is 1. The molecule has 0 bridgehead atoms. The predicted molar refractivity (Wildman–Crippen MR) is 91.1 cm³/mol. The van der Waals surface area contributed by atoms with E-state index in [0.29, 0.717) is 0 Å². The molecule has 0 atom stereocenters. The zero-order valence-electron chi connectivity index (χ0n) is 13.0. The molecule has 0 aliphatic rings. The van der Waals surface area contributed by atoms with Crippen LogP contribution in [0.5, 0.6) is 0 Å². The van der Waals surface area contributed by atoms with E-state index in [1.165, 1.54) is 21.1 Å². The molecule has 2 aromatic rings. The van der Waals surface area contributed by atoms with E-state index < -0.39 is 0 Å². The number of rotatable bonds is 4. The van der Waals surface area contributed by atoms with Gasteiger partial charge in [0.1, 0.15) is 0 Å². The standard InChI is InChI=1S/C17H24N2S/c1-17(2,3)16-11-10-15(20-16)12-18-13-6-8-14(9-7-13)19(4)5/h6-11,18H,12H2,1-5H3. The normalized spacial score (nSPS) is 11.4. The van der Waals surface area contributed by atoms with Crippen molar-refractivity contribution in [3.8, 4) is 0 Å². The van der Waals surface area contributed by atoms with Crippen molar-refractivity contribution in [2.45, 2.75) is 32.7 Å². The van der Waals surface area contributed by atoms with E-state index in [-0.39, 0.29) is 5.41 Å². The van der Waals surface area contributed by atoms with Gasteiger partial charge < -0.3 is 10.2 Å². The fourth-order valence-corrected chi connectivity index (χ4v) is 2.95. The van der Waals surface area contributed by atoms with Crippen LogP contribution in [-0.2, 0) is 12.0 Å². The summed E-state index contributed by atoms with van der Waals surface area (Å²) in [4.78, 5) is 4.93. The van der Waals surface area contributed by atoms with Gasteiger partial charge in [-0.3, -0.25) is 0 Å². The predicted octanol–water partition coefficient (Wildman–Crippen LogP) is 4.72. The molecule has 20 heavy (non-hydrogen) atoms. The maximum absolute atomic E-state index is 3.48. The number of hydrogen-bond acceptors (Lipinski definition) is 3. The highest BCUT2D eigenvalue weighted by molar-refractivity contribution is 7.12. The van der Waals surface area contributed by atoms with Crippen molar-refractivity contribution in [3.05, 3.63) is 46.2 Å². The summed E-state index contributed by atoms with van der Waals surface area (Å²) in [6.45, 7) is 7.67. The monoisotopic (exact) mass is 288 g/mol. The summed E-state index contributed by atoms with van der Waals surface area (Å²) in [6.07, 6.45) is 0. The minimum atomic E-state index is 0.246. The summed E-state index contributed by atoms with van der Waals surface area (Å²) >= 11 is 1.90. The van der Waals surface area contributed by atoms with Crippen LogP contribution in [0, 0.1) is 0 Å². The molecule has 0 spiro atoms. The number of nitrogens with zero attached hydrogens (tertiary/aromatic N) is 1. The highest BCUT2D eigenvalue weighted by Gasteiger charge is 2.15. The molecule has 2 rings (SSSR count). The van der Waals surface area contributed by atoms with Crippen molar-refractivity contribution in [1.82, 2.24) is 0 Å². The fourth-order valence-electron chi connectivity index (χ4n) is 1.94. The Morgan fingerprint density at radius 2 is 1.65 bits per heavy atom. The molecule has 1 N–H and O–H groups in total. The van der Waals surface area contributed by atoms with Crippen LogP contribution in [0.4, 0.5) is 11.4 Å². The van der Waals surface area contributed by atoms with Gasteiger partial charge in [0.2, 0.25) is 0 Å². The quantitative estimate of drug-likeness (QED) is 0.875. The van der Waals surface area contributed by atoms with Crippen LogP contribution in [0.1, 0.15) is 30.5 Å². The molecule has 1 aromatic heterocycles. The van der Waals surface area contributed by atoms with Crippen LogP contribution in [0.2, 0.25) is 0 Å². The second-order valence-electron chi connectivity index (χ2n) is 6.31. The van der Waals surface area contributed by atoms with Crippen LogP contribution in [0.15, 0.2) is 36.4 Å². The third kappa shape index (κ3) is 3.76. The summed E-state index contributed by atoms with van der Waals surface area (Å²) in [5, 5.41) is 3.48. The maximum atomic E-state index is 3.48. The number of hydrogen-bond donors (Lipinski definition) is 1. The molecule has 108 valence electrons. The summed E-state index contributed by atoms with van der Waals surface area (Å²) in [6, 6.07) is 13.0. The Labute approximate surface area is 126 Å². The molecule has 0 unspecified atom stereocenters. The van der Waals surface area contributed by atoms with Crippen molar-refractivity contribution < 1.29 is 0 Å². The van der Waals surface area contributed by atoms with E-state index in [1.54, 1.807) is 0 Å². The molecule has 0 aliphatic heterocycles. The zero-order chi connectivity index (χ0) is 14.8. The van der Waals surface area contributed by atoms with Crippen LogP contribution < -0.4 is 10.2 Å². The van der Waals surface area contributed by atoms with Gasteiger partial charge in [0.15, 0.2) is 0 Å². The lowest BCUT2D eigenvalue weighted by atomic mass is 9.95. The molecular weight excluding hydrogens is 264 g/mol. The van der Waals surface area contributed by atoms with Gasteiger partial charge in [-0.1, -0.05) is 20.8 Å². The number of benzene rings is 1. The van der Waals surface area contributed by atoms with Gasteiger partial charge in [-0.15, -0.1) is 11.3 Å². The summed E-state index contributed by atoms with van der Waals surface area (Å²) in [5.74, 6) is 0. The van der Waals surface area contributed by atoms with E-state index in [1.807, 2.05) is 11.3 Å². The third-order valence-corrected chi connectivity index (χ3v) is 4.76. The van der Waals surface area contributed by atoms with Gasteiger partial charge in [0, 0.05) is 41.8 Å². The largest absolute Gasteiger partial charge is 0.380 e. The summed E-state index contributed by atoms with van der Waals surface area (Å²) in [5.41, 5.74) is 2.64. The molecule has 1 aromatic carbocycles. The second kappa shape index (κ2) is 5.88. The van der Waals surface area contributed by atoms with Crippen LogP contribution >= 0.6 is 11.3 Å². The molecule has 0 saturated carbocycles. The van der Waals surface area contributed by atoms with Gasteiger partial charge in [-0.25, -0.2) is 0 Å². The first-order valence-corrected chi connectivity index (χ1v) is 7.78. The van der Waals surface area contributed by atoms with Crippen molar-refractivity contribution in [1.29, 1.82) is 0 Å². The Hall–Kier alpha value is -1.48. The smallest absolute Gasteiger partial charge is 0.0494 e. The third-order valence-electron chi connectivity index (χ3n) is 3.25. The van der Waals surface area contributed by atoms with Crippen LogP contribution in [0.3, 0.4) is 0 Å². The Bertz CT molecular complexity index is 547. The average Bonchev–Trinajstić information content (AvgIpc) is 2.85. The topological polar surface area (TPSA) is 15.3 Å². The van der Waals surface area contributed by atoms with Gasteiger partial charge >= 0.3 is 0 Å². The molecule has 0 saturated heterocycles. The van der Waals surface area contributed by atoms with Crippen LogP contribution in [-0.4, -0.2) is 14.1 Å². The van der Waals surface area contributed by atoms with Crippen molar-refractivity contribution in [2.24, 2.45) is 0 Å². The molecule has 3 heteroatoms. The van der Waals surface area contributed by atoms with Crippen molar-refractivity contribution in [3.63, 3.8) is 0 Å². The first-order valence-electron chi connectivity index (χ1n) is 6.97. The SMILES string of the molecule is CN(C)c1ccc(NCc2ccc(C(C)(C)C)s2)cc1. The Morgan fingerprint density at radius 1 is 1.00 bits per heavy atom. The lowest BCUT2D eigenvalue weighted by molar-refractivity contribution is 0.604. The Morgan fingerprint density at radius 3 is 2.15 bits per heavy atom. The van der Waals surface area contributed by atoms with E-state index in [4.69, 9.17) is 0 Å². The van der Waals surface area contributed by atoms with Crippen LogP contribution in [0.25, 0.3) is 0 Å². The zero-order valence-corrected chi connectivity index (χ0v) is 13.8. The van der Waals surface area contributed by atoms with E-state index in [9.17, 15) is 0 Å². The van der Waals surface area contributed by atoms with Gasteiger partial charge in [0.05, 0.1) is 0 Å². The Balaban J connectivity index is 1.96. The van der Waals surface area contributed by atoms with Gasteiger partial charge in [0.25, 0.3) is 0 Å². The molecule has 0 fully saturated rings. The molecule has 1 heterocycles. The molecule has 2 nitrogen and oxygen atoms in total. The lowest BCUT2D eigenvalue weighted by Crippen LogP contribution is -2.08. The van der Waals surface area contributed by atoms with Crippen molar-refractivity contribution in [2.75, 3.05) is 24.3 Å². The average molecular weight is 288 g/mol. The maximum Gasteiger partial charge on any atom is 0.0494 e. The molecule has 0 amide bonds.